The maximum Gasteiger partial charge on any atom is 0.257 e. The molecule has 0 aliphatic carbocycles. The third-order valence-electron chi connectivity index (χ3n) is 3.47. The lowest BCUT2D eigenvalue weighted by molar-refractivity contribution is -0.123. The van der Waals surface area contributed by atoms with Crippen LogP contribution in [0.25, 0.3) is 0 Å². The average Bonchev–Trinajstić information content (AvgIpc) is 2.59. The molecule has 1 N–H and O–H groups in total. The Morgan fingerprint density at radius 1 is 1.08 bits per heavy atom. The molecule has 0 atom stereocenters. The predicted octanol–water partition coefficient (Wildman–Crippen LogP) is 4.52. The molecule has 6 heteroatoms. The maximum atomic E-state index is 11.8. The van der Waals surface area contributed by atoms with Crippen molar-refractivity contribution in [3.8, 4) is 11.5 Å². The van der Waals surface area contributed by atoms with Gasteiger partial charge in [0.25, 0.3) is 5.91 Å². The van der Waals surface area contributed by atoms with Crippen LogP contribution in [-0.4, -0.2) is 25.7 Å². The highest BCUT2D eigenvalue weighted by Gasteiger charge is 2.07. The second kappa shape index (κ2) is 10.2. The minimum atomic E-state index is -0.191. The molecule has 2 aromatic rings. The molecule has 25 heavy (non-hydrogen) atoms. The smallest absolute Gasteiger partial charge is 0.257 e. The van der Waals surface area contributed by atoms with Crippen molar-refractivity contribution in [3.63, 3.8) is 0 Å². The van der Waals surface area contributed by atoms with Gasteiger partial charge in [-0.3, -0.25) is 4.79 Å². The Balaban J connectivity index is 1.70. The van der Waals surface area contributed by atoms with E-state index in [4.69, 9.17) is 32.7 Å². The fourth-order valence-electron chi connectivity index (χ4n) is 2.30. The van der Waals surface area contributed by atoms with Crippen molar-refractivity contribution < 1.29 is 14.3 Å². The molecule has 0 bridgehead atoms. The van der Waals surface area contributed by atoms with E-state index in [1.807, 2.05) is 31.2 Å². The van der Waals surface area contributed by atoms with Gasteiger partial charge in [-0.25, -0.2) is 0 Å². The van der Waals surface area contributed by atoms with Crippen LogP contribution < -0.4 is 14.8 Å². The minimum Gasteiger partial charge on any atom is -0.494 e. The van der Waals surface area contributed by atoms with Crippen LogP contribution in [0.4, 0.5) is 0 Å². The summed E-state index contributed by atoms with van der Waals surface area (Å²) in [5, 5.41) is 3.74. The van der Waals surface area contributed by atoms with Crippen molar-refractivity contribution in [3.05, 3.63) is 58.1 Å². The summed E-state index contributed by atoms with van der Waals surface area (Å²) in [7, 11) is 0. The van der Waals surface area contributed by atoms with Crippen LogP contribution in [-0.2, 0) is 11.2 Å². The van der Waals surface area contributed by atoms with Crippen LogP contribution in [0.15, 0.2) is 42.5 Å². The summed E-state index contributed by atoms with van der Waals surface area (Å²) >= 11 is 11.8. The van der Waals surface area contributed by atoms with E-state index in [1.54, 1.807) is 18.2 Å². The Morgan fingerprint density at radius 3 is 2.64 bits per heavy atom. The molecule has 2 rings (SSSR count). The van der Waals surface area contributed by atoms with Gasteiger partial charge in [0.15, 0.2) is 6.61 Å². The number of para-hydroxylation sites is 1. The Labute approximate surface area is 158 Å². The highest BCUT2D eigenvalue weighted by atomic mass is 35.5. The Bertz CT molecular complexity index is 707. The summed E-state index contributed by atoms with van der Waals surface area (Å²) in [6, 6.07) is 12.8. The molecule has 0 saturated heterocycles. The van der Waals surface area contributed by atoms with E-state index in [0.717, 1.165) is 24.2 Å². The van der Waals surface area contributed by atoms with E-state index in [0.29, 0.717) is 28.9 Å². The molecule has 0 spiro atoms. The van der Waals surface area contributed by atoms with E-state index in [1.165, 1.54) is 0 Å². The first-order valence-corrected chi connectivity index (χ1v) is 8.91. The molecule has 1 amide bonds. The van der Waals surface area contributed by atoms with Gasteiger partial charge in [0.2, 0.25) is 0 Å². The van der Waals surface area contributed by atoms with Crippen LogP contribution in [0.3, 0.4) is 0 Å². The first kappa shape index (κ1) is 19.4. The number of halogens is 2. The zero-order chi connectivity index (χ0) is 18.1. The number of rotatable bonds is 9. The van der Waals surface area contributed by atoms with E-state index in [9.17, 15) is 4.79 Å². The molecule has 0 fully saturated rings. The number of hydrogen-bond donors (Lipinski definition) is 1. The standard InChI is InChI=1S/C19H21Cl2NO3/c1-2-24-17-8-4-3-6-14(17)7-5-11-22-19(23)13-25-18-10-9-15(20)12-16(18)21/h3-4,6,8-10,12H,2,5,7,11,13H2,1H3,(H,22,23). The fourth-order valence-corrected chi connectivity index (χ4v) is 2.76. The van der Waals surface area contributed by atoms with Gasteiger partial charge in [0.1, 0.15) is 11.5 Å². The van der Waals surface area contributed by atoms with Gasteiger partial charge in [-0.05, 0) is 49.6 Å². The summed E-state index contributed by atoms with van der Waals surface area (Å²) in [6.45, 7) is 3.08. The first-order valence-electron chi connectivity index (χ1n) is 8.15. The zero-order valence-electron chi connectivity index (χ0n) is 14.1. The lowest BCUT2D eigenvalue weighted by Gasteiger charge is -2.11. The Morgan fingerprint density at radius 2 is 1.88 bits per heavy atom. The maximum absolute atomic E-state index is 11.8. The minimum absolute atomic E-state index is 0.0864. The lowest BCUT2D eigenvalue weighted by Crippen LogP contribution is -2.30. The van der Waals surface area contributed by atoms with Crippen LogP contribution in [0.1, 0.15) is 18.9 Å². The second-order valence-corrected chi connectivity index (χ2v) is 6.20. The predicted molar refractivity (Wildman–Crippen MR) is 101 cm³/mol. The number of nitrogens with one attached hydrogen (secondary N) is 1. The zero-order valence-corrected chi connectivity index (χ0v) is 15.6. The molecular formula is C19H21Cl2NO3. The van der Waals surface area contributed by atoms with Crippen molar-refractivity contribution in [1.29, 1.82) is 0 Å². The number of amides is 1. The van der Waals surface area contributed by atoms with Gasteiger partial charge in [0, 0.05) is 11.6 Å². The number of carbonyl (C=O) groups excluding carboxylic acids is 1. The number of ether oxygens (including phenoxy) is 2. The normalized spacial score (nSPS) is 10.4. The van der Waals surface area contributed by atoms with Crippen LogP contribution >= 0.6 is 23.2 Å². The number of aryl methyl sites for hydroxylation is 1. The largest absolute Gasteiger partial charge is 0.494 e. The molecule has 0 aliphatic rings. The summed E-state index contributed by atoms with van der Waals surface area (Å²) in [6.07, 6.45) is 1.65. The number of carbonyl (C=O) groups is 1. The van der Waals surface area contributed by atoms with Crippen molar-refractivity contribution in [2.45, 2.75) is 19.8 Å². The highest BCUT2D eigenvalue weighted by molar-refractivity contribution is 6.35. The topological polar surface area (TPSA) is 47.6 Å². The highest BCUT2D eigenvalue weighted by Crippen LogP contribution is 2.27. The number of hydrogen-bond acceptors (Lipinski definition) is 3. The molecular weight excluding hydrogens is 361 g/mol. The molecule has 4 nitrogen and oxygen atoms in total. The fraction of sp³-hybridized carbons (Fsp3) is 0.316. The van der Waals surface area contributed by atoms with E-state index in [2.05, 4.69) is 5.32 Å². The van der Waals surface area contributed by atoms with Crippen molar-refractivity contribution >= 4 is 29.1 Å². The third-order valence-corrected chi connectivity index (χ3v) is 4.00. The SMILES string of the molecule is CCOc1ccccc1CCCNC(=O)COc1ccc(Cl)cc1Cl. The van der Waals surface area contributed by atoms with Crippen molar-refractivity contribution in [2.24, 2.45) is 0 Å². The molecule has 134 valence electrons. The molecule has 0 aliphatic heterocycles. The van der Waals surface area contributed by atoms with Gasteiger partial charge in [-0.15, -0.1) is 0 Å². The Hall–Kier alpha value is -1.91. The summed E-state index contributed by atoms with van der Waals surface area (Å²) in [4.78, 5) is 11.8. The van der Waals surface area contributed by atoms with Crippen LogP contribution in [0.5, 0.6) is 11.5 Å². The molecule has 0 heterocycles. The van der Waals surface area contributed by atoms with Crippen molar-refractivity contribution in [2.75, 3.05) is 19.8 Å². The Kier molecular flexibility index (Phi) is 7.89. The van der Waals surface area contributed by atoms with Gasteiger partial charge >= 0.3 is 0 Å². The third kappa shape index (κ3) is 6.48. The molecule has 0 unspecified atom stereocenters. The average molecular weight is 382 g/mol. The quantitative estimate of drug-likeness (QED) is 0.649. The number of benzene rings is 2. The molecule has 0 saturated carbocycles. The van der Waals surface area contributed by atoms with E-state index >= 15 is 0 Å². The second-order valence-electron chi connectivity index (χ2n) is 5.36. The van der Waals surface area contributed by atoms with Crippen LogP contribution in [0, 0.1) is 0 Å². The molecule has 0 aromatic heterocycles. The van der Waals surface area contributed by atoms with Gasteiger partial charge in [-0.2, -0.15) is 0 Å². The monoisotopic (exact) mass is 381 g/mol. The van der Waals surface area contributed by atoms with Gasteiger partial charge < -0.3 is 14.8 Å². The summed E-state index contributed by atoms with van der Waals surface area (Å²) in [5.74, 6) is 1.15. The van der Waals surface area contributed by atoms with E-state index in [-0.39, 0.29) is 12.5 Å². The van der Waals surface area contributed by atoms with Crippen molar-refractivity contribution in [1.82, 2.24) is 5.32 Å². The van der Waals surface area contributed by atoms with Gasteiger partial charge in [-0.1, -0.05) is 41.4 Å². The van der Waals surface area contributed by atoms with Crippen LogP contribution in [0.2, 0.25) is 10.0 Å². The summed E-state index contributed by atoms with van der Waals surface area (Å²) in [5.41, 5.74) is 1.14. The first-order chi connectivity index (χ1) is 12.1. The van der Waals surface area contributed by atoms with Gasteiger partial charge in [0.05, 0.1) is 11.6 Å². The molecule has 2 aromatic carbocycles. The lowest BCUT2D eigenvalue weighted by atomic mass is 10.1. The molecule has 0 radical (unpaired) electrons. The van der Waals surface area contributed by atoms with E-state index < -0.39 is 0 Å². The summed E-state index contributed by atoms with van der Waals surface area (Å²) < 4.78 is 11.0.